The van der Waals surface area contributed by atoms with Crippen LogP contribution in [0.15, 0.2) is 66.9 Å². The van der Waals surface area contributed by atoms with E-state index in [1.807, 2.05) is 30.3 Å². The molecule has 0 radical (unpaired) electrons. The summed E-state index contributed by atoms with van der Waals surface area (Å²) in [5, 5.41) is 2.60. The minimum absolute atomic E-state index is 0.165. The summed E-state index contributed by atoms with van der Waals surface area (Å²) in [6.45, 7) is 2.18. The molecular formula is C25H21N3O5. The molecule has 0 saturated heterocycles. The highest BCUT2D eigenvalue weighted by molar-refractivity contribution is 6.22. The number of rotatable bonds is 7. The fourth-order valence-electron chi connectivity index (χ4n) is 3.55. The average molecular weight is 443 g/mol. The highest BCUT2D eigenvalue weighted by Crippen LogP contribution is 2.25. The molecule has 4 rings (SSSR count). The number of nitrogens with one attached hydrogen (secondary N) is 1. The predicted molar refractivity (Wildman–Crippen MR) is 120 cm³/mol. The lowest BCUT2D eigenvalue weighted by Crippen LogP contribution is -2.31. The molecule has 0 bridgehead atoms. The molecule has 1 aromatic heterocycles. The lowest BCUT2D eigenvalue weighted by Gasteiger charge is -2.13. The molecule has 0 atom stereocenters. The lowest BCUT2D eigenvalue weighted by atomic mass is 10.1. The van der Waals surface area contributed by atoms with Crippen molar-refractivity contribution in [2.24, 2.45) is 0 Å². The summed E-state index contributed by atoms with van der Waals surface area (Å²) >= 11 is 0. The molecule has 0 unspecified atom stereocenters. The number of ether oxygens (including phenoxy) is 1. The maximum atomic E-state index is 12.9. The smallest absolute Gasteiger partial charge is 0.338 e. The van der Waals surface area contributed by atoms with Crippen LogP contribution in [0, 0.1) is 0 Å². The van der Waals surface area contributed by atoms with Crippen molar-refractivity contribution in [3.05, 3.63) is 94.7 Å². The fraction of sp³-hybridized carbons (Fsp3) is 0.160. The van der Waals surface area contributed by atoms with Gasteiger partial charge in [0.2, 0.25) is 0 Å². The van der Waals surface area contributed by atoms with E-state index >= 15 is 0 Å². The van der Waals surface area contributed by atoms with Crippen LogP contribution in [-0.4, -0.2) is 46.7 Å². The first-order valence-corrected chi connectivity index (χ1v) is 10.5. The van der Waals surface area contributed by atoms with E-state index in [4.69, 9.17) is 4.74 Å². The Morgan fingerprint density at radius 3 is 2.45 bits per heavy atom. The van der Waals surface area contributed by atoms with E-state index in [2.05, 4.69) is 10.3 Å². The molecular weight excluding hydrogens is 422 g/mol. The monoisotopic (exact) mass is 443 g/mol. The fourth-order valence-corrected chi connectivity index (χ4v) is 3.55. The van der Waals surface area contributed by atoms with Gasteiger partial charge in [0.25, 0.3) is 17.7 Å². The van der Waals surface area contributed by atoms with Gasteiger partial charge in [-0.2, -0.15) is 0 Å². The molecule has 1 N–H and O–H groups in total. The van der Waals surface area contributed by atoms with Crippen molar-refractivity contribution in [3.8, 4) is 0 Å². The zero-order valence-corrected chi connectivity index (χ0v) is 17.9. The minimum atomic E-state index is -0.521. The van der Waals surface area contributed by atoms with Gasteiger partial charge in [-0.3, -0.25) is 19.3 Å². The molecule has 3 aromatic rings. The topological polar surface area (TPSA) is 106 Å². The molecule has 1 aliphatic rings. The van der Waals surface area contributed by atoms with Crippen LogP contribution in [0.4, 0.5) is 5.82 Å². The molecule has 1 aliphatic heterocycles. The second-order valence-corrected chi connectivity index (χ2v) is 7.36. The Bertz CT molecular complexity index is 1240. The highest BCUT2D eigenvalue weighted by Gasteiger charge is 2.35. The van der Waals surface area contributed by atoms with E-state index in [1.165, 1.54) is 41.4 Å². The van der Waals surface area contributed by atoms with Crippen molar-refractivity contribution in [2.45, 2.75) is 13.3 Å². The van der Waals surface area contributed by atoms with Gasteiger partial charge in [0.15, 0.2) is 0 Å². The number of anilines is 1. The number of amides is 3. The number of pyridine rings is 1. The van der Waals surface area contributed by atoms with Gasteiger partial charge in [-0.15, -0.1) is 0 Å². The highest BCUT2D eigenvalue weighted by atomic mass is 16.5. The molecule has 3 amide bonds. The molecule has 0 fully saturated rings. The van der Waals surface area contributed by atoms with Crippen molar-refractivity contribution < 1.29 is 23.9 Å². The number of benzene rings is 2. The van der Waals surface area contributed by atoms with Crippen LogP contribution in [0.2, 0.25) is 0 Å². The second kappa shape index (κ2) is 9.44. The van der Waals surface area contributed by atoms with Crippen LogP contribution in [0.1, 0.15) is 53.9 Å². The van der Waals surface area contributed by atoms with Crippen LogP contribution in [0.25, 0.3) is 0 Å². The Balaban J connectivity index is 1.48. The SMILES string of the molecule is CCOC(=O)c1ccnc(NC(=O)c2ccc3c(c2)C(=O)N(CCc2ccccc2)C3=O)c1. The summed E-state index contributed by atoms with van der Waals surface area (Å²) in [5.74, 6) is -1.68. The van der Waals surface area contributed by atoms with Gasteiger partial charge in [0, 0.05) is 18.3 Å². The Morgan fingerprint density at radius 2 is 1.70 bits per heavy atom. The Labute approximate surface area is 190 Å². The van der Waals surface area contributed by atoms with Gasteiger partial charge in [0.05, 0.1) is 23.3 Å². The summed E-state index contributed by atoms with van der Waals surface area (Å²) in [4.78, 5) is 55.4. The van der Waals surface area contributed by atoms with Crippen molar-refractivity contribution >= 4 is 29.5 Å². The molecule has 8 heteroatoms. The maximum absolute atomic E-state index is 12.9. The largest absolute Gasteiger partial charge is 0.462 e. The quantitative estimate of drug-likeness (QED) is 0.443. The standard InChI is InChI=1S/C25H21N3O5/c1-2-33-25(32)18-10-12-26-21(15-18)27-22(29)17-8-9-19-20(14-17)24(31)28(23(19)30)13-11-16-6-4-3-5-7-16/h3-10,12,14-15H,2,11,13H2,1H3,(H,26,27,29). The lowest BCUT2D eigenvalue weighted by molar-refractivity contribution is 0.0525. The minimum Gasteiger partial charge on any atom is -0.462 e. The van der Waals surface area contributed by atoms with Gasteiger partial charge in [-0.25, -0.2) is 9.78 Å². The van der Waals surface area contributed by atoms with Crippen LogP contribution in [-0.2, 0) is 11.2 Å². The average Bonchev–Trinajstić information content (AvgIpc) is 3.07. The Kier molecular flexibility index (Phi) is 6.26. The molecule has 0 spiro atoms. The zero-order valence-electron chi connectivity index (χ0n) is 17.9. The predicted octanol–water partition coefficient (Wildman–Crippen LogP) is 3.35. The molecule has 0 saturated carbocycles. The first-order chi connectivity index (χ1) is 16.0. The van der Waals surface area contributed by atoms with E-state index in [1.54, 1.807) is 6.92 Å². The summed E-state index contributed by atoms with van der Waals surface area (Å²) in [5.41, 5.74) is 1.93. The summed E-state index contributed by atoms with van der Waals surface area (Å²) in [6, 6.07) is 16.8. The number of carbonyl (C=O) groups excluding carboxylic acids is 4. The molecule has 0 aliphatic carbocycles. The van der Waals surface area contributed by atoms with Gasteiger partial charge < -0.3 is 10.1 Å². The van der Waals surface area contributed by atoms with Gasteiger partial charge in [-0.05, 0) is 49.2 Å². The molecule has 33 heavy (non-hydrogen) atoms. The van der Waals surface area contributed by atoms with Crippen LogP contribution >= 0.6 is 0 Å². The molecule has 166 valence electrons. The van der Waals surface area contributed by atoms with E-state index < -0.39 is 17.8 Å². The van der Waals surface area contributed by atoms with Crippen molar-refractivity contribution in [1.29, 1.82) is 0 Å². The van der Waals surface area contributed by atoms with Gasteiger partial charge in [0.1, 0.15) is 5.82 Å². The number of fused-ring (bicyclic) bond motifs is 1. The number of carbonyl (C=O) groups is 4. The number of hydrogen-bond acceptors (Lipinski definition) is 6. The first kappa shape index (κ1) is 21.9. The molecule has 8 nitrogen and oxygen atoms in total. The van der Waals surface area contributed by atoms with Crippen LogP contribution < -0.4 is 5.32 Å². The van der Waals surface area contributed by atoms with Gasteiger partial charge >= 0.3 is 5.97 Å². The normalized spacial score (nSPS) is 12.5. The summed E-state index contributed by atoms with van der Waals surface area (Å²) < 4.78 is 4.95. The van der Waals surface area contributed by atoms with E-state index in [9.17, 15) is 19.2 Å². The second-order valence-electron chi connectivity index (χ2n) is 7.36. The number of nitrogens with zero attached hydrogens (tertiary/aromatic N) is 2. The van der Waals surface area contributed by atoms with E-state index in [-0.39, 0.29) is 47.1 Å². The third kappa shape index (κ3) is 4.64. The van der Waals surface area contributed by atoms with E-state index in [0.29, 0.717) is 6.42 Å². The Hall–Kier alpha value is -4.33. The number of imide groups is 1. The first-order valence-electron chi connectivity index (χ1n) is 10.5. The van der Waals surface area contributed by atoms with Crippen molar-refractivity contribution in [3.63, 3.8) is 0 Å². The van der Waals surface area contributed by atoms with Crippen LogP contribution in [0.3, 0.4) is 0 Å². The number of hydrogen-bond donors (Lipinski definition) is 1. The number of esters is 1. The maximum Gasteiger partial charge on any atom is 0.338 e. The van der Waals surface area contributed by atoms with E-state index in [0.717, 1.165) is 5.56 Å². The summed E-state index contributed by atoms with van der Waals surface area (Å²) in [7, 11) is 0. The van der Waals surface area contributed by atoms with Crippen molar-refractivity contribution in [2.75, 3.05) is 18.5 Å². The molecule has 2 aromatic carbocycles. The van der Waals surface area contributed by atoms with Crippen molar-refractivity contribution in [1.82, 2.24) is 9.88 Å². The number of aromatic nitrogens is 1. The van der Waals surface area contributed by atoms with Gasteiger partial charge in [-0.1, -0.05) is 30.3 Å². The molecule has 2 heterocycles. The zero-order chi connectivity index (χ0) is 23.4. The third-order valence-corrected chi connectivity index (χ3v) is 5.21. The van der Waals surface area contributed by atoms with Crippen LogP contribution in [0.5, 0.6) is 0 Å². The third-order valence-electron chi connectivity index (χ3n) is 5.21. The Morgan fingerprint density at radius 1 is 0.939 bits per heavy atom. The summed E-state index contributed by atoms with van der Waals surface area (Å²) in [6.07, 6.45) is 1.93.